The van der Waals surface area contributed by atoms with E-state index in [0.717, 1.165) is 18.9 Å². The Balaban J connectivity index is 1.88. The van der Waals surface area contributed by atoms with Gasteiger partial charge >= 0.3 is 0 Å². The molecule has 1 saturated heterocycles. The molecule has 0 aromatic carbocycles. The summed E-state index contributed by atoms with van der Waals surface area (Å²) in [5.41, 5.74) is 1.32. The van der Waals surface area contributed by atoms with Gasteiger partial charge in [0.25, 0.3) is 0 Å². The third-order valence-corrected chi connectivity index (χ3v) is 3.04. The minimum Gasteiger partial charge on any atom is -0.370 e. The minimum atomic E-state index is 0.929. The maximum atomic E-state index is 4.40. The van der Waals surface area contributed by atoms with Crippen molar-refractivity contribution < 1.29 is 0 Å². The molecule has 1 fully saturated rings. The summed E-state index contributed by atoms with van der Waals surface area (Å²) in [6.45, 7) is 6.56. The molecular formula is C13H21N3. The van der Waals surface area contributed by atoms with Crippen molar-refractivity contribution in [1.82, 2.24) is 9.88 Å². The number of hydrogen-bond acceptors (Lipinski definition) is 3. The molecule has 0 radical (unpaired) electrons. The van der Waals surface area contributed by atoms with E-state index >= 15 is 0 Å². The van der Waals surface area contributed by atoms with Crippen molar-refractivity contribution in [3.63, 3.8) is 0 Å². The Hall–Kier alpha value is -1.09. The van der Waals surface area contributed by atoms with Crippen molar-refractivity contribution in [1.29, 1.82) is 0 Å². The largest absolute Gasteiger partial charge is 0.370 e. The van der Waals surface area contributed by atoms with Gasteiger partial charge in [-0.05, 0) is 44.5 Å². The maximum Gasteiger partial charge on any atom is 0.125 e. The number of nitrogens with zero attached hydrogens (tertiary/aromatic N) is 2. The molecule has 3 nitrogen and oxygen atoms in total. The van der Waals surface area contributed by atoms with Crippen molar-refractivity contribution in [2.75, 3.05) is 25.0 Å². The molecule has 3 heteroatoms. The summed E-state index contributed by atoms with van der Waals surface area (Å²) < 4.78 is 0. The van der Waals surface area contributed by atoms with Crippen LogP contribution in [0.1, 0.15) is 31.7 Å². The van der Waals surface area contributed by atoms with Gasteiger partial charge < -0.3 is 5.32 Å². The Morgan fingerprint density at radius 1 is 1.25 bits per heavy atom. The van der Waals surface area contributed by atoms with Crippen LogP contribution in [0.4, 0.5) is 5.82 Å². The van der Waals surface area contributed by atoms with Gasteiger partial charge in [0.15, 0.2) is 0 Å². The topological polar surface area (TPSA) is 28.2 Å². The van der Waals surface area contributed by atoms with E-state index in [1.165, 1.54) is 37.9 Å². The highest BCUT2D eigenvalue weighted by atomic mass is 15.1. The first-order valence-corrected chi connectivity index (χ1v) is 6.29. The second-order valence-corrected chi connectivity index (χ2v) is 4.42. The highest BCUT2D eigenvalue weighted by Gasteiger charge is 2.10. The molecule has 0 saturated carbocycles. The summed E-state index contributed by atoms with van der Waals surface area (Å²) in [6.07, 6.45) is 6.09. The molecule has 1 aliphatic heterocycles. The van der Waals surface area contributed by atoms with Gasteiger partial charge in [-0.3, -0.25) is 4.90 Å². The quantitative estimate of drug-likeness (QED) is 0.843. The molecule has 1 N–H and O–H groups in total. The first kappa shape index (κ1) is 11.4. The fraction of sp³-hybridized carbons (Fsp3) is 0.615. The van der Waals surface area contributed by atoms with Crippen LogP contribution < -0.4 is 5.32 Å². The number of rotatable bonds is 4. The lowest BCUT2D eigenvalue weighted by Gasteiger charge is -2.26. The summed E-state index contributed by atoms with van der Waals surface area (Å²) >= 11 is 0. The lowest BCUT2D eigenvalue weighted by atomic mass is 10.1. The number of likely N-dealkylation sites (tertiary alicyclic amines) is 1. The Morgan fingerprint density at radius 2 is 2.06 bits per heavy atom. The third kappa shape index (κ3) is 3.20. The fourth-order valence-corrected chi connectivity index (χ4v) is 2.18. The van der Waals surface area contributed by atoms with Crippen LogP contribution in [0.15, 0.2) is 18.3 Å². The Labute approximate surface area is 97.9 Å². The van der Waals surface area contributed by atoms with Crippen LogP contribution in [0.2, 0.25) is 0 Å². The highest BCUT2D eigenvalue weighted by molar-refractivity contribution is 5.35. The SMILES string of the molecule is CCNc1ccc(CN2CCCCC2)cn1. The van der Waals surface area contributed by atoms with Crippen molar-refractivity contribution >= 4 is 5.82 Å². The van der Waals surface area contributed by atoms with Crippen LogP contribution in [0.3, 0.4) is 0 Å². The molecule has 1 aromatic heterocycles. The smallest absolute Gasteiger partial charge is 0.125 e. The van der Waals surface area contributed by atoms with E-state index in [4.69, 9.17) is 0 Å². The first-order chi connectivity index (χ1) is 7.88. The van der Waals surface area contributed by atoms with Gasteiger partial charge in [0, 0.05) is 19.3 Å². The molecule has 16 heavy (non-hydrogen) atoms. The second kappa shape index (κ2) is 5.85. The van der Waals surface area contributed by atoms with Crippen LogP contribution in [0, 0.1) is 0 Å². The molecule has 0 amide bonds. The molecule has 2 rings (SSSR count). The van der Waals surface area contributed by atoms with Crippen LogP contribution in [-0.4, -0.2) is 29.5 Å². The van der Waals surface area contributed by atoms with Gasteiger partial charge in [-0.2, -0.15) is 0 Å². The van der Waals surface area contributed by atoms with E-state index in [0.29, 0.717) is 0 Å². The zero-order chi connectivity index (χ0) is 11.2. The highest BCUT2D eigenvalue weighted by Crippen LogP contribution is 2.13. The number of piperidine rings is 1. The normalized spacial score (nSPS) is 17.3. The predicted octanol–water partition coefficient (Wildman–Crippen LogP) is 2.50. The van der Waals surface area contributed by atoms with E-state index in [2.05, 4.69) is 34.3 Å². The van der Waals surface area contributed by atoms with Gasteiger partial charge in [-0.25, -0.2) is 4.98 Å². The summed E-state index contributed by atoms with van der Waals surface area (Å²) in [4.78, 5) is 6.92. The van der Waals surface area contributed by atoms with Crippen molar-refractivity contribution in [3.8, 4) is 0 Å². The molecular weight excluding hydrogens is 198 g/mol. The van der Waals surface area contributed by atoms with Crippen LogP contribution in [0.5, 0.6) is 0 Å². The van der Waals surface area contributed by atoms with Gasteiger partial charge in [-0.15, -0.1) is 0 Å². The number of aromatic nitrogens is 1. The predicted molar refractivity (Wildman–Crippen MR) is 67.5 cm³/mol. The summed E-state index contributed by atoms with van der Waals surface area (Å²) in [7, 11) is 0. The Bertz CT molecular complexity index is 301. The van der Waals surface area contributed by atoms with Gasteiger partial charge in [0.1, 0.15) is 5.82 Å². The number of anilines is 1. The molecule has 1 aromatic rings. The van der Waals surface area contributed by atoms with Crippen LogP contribution >= 0.6 is 0 Å². The maximum absolute atomic E-state index is 4.40. The van der Waals surface area contributed by atoms with Gasteiger partial charge in [-0.1, -0.05) is 12.5 Å². The summed E-state index contributed by atoms with van der Waals surface area (Å²) in [5.74, 6) is 0.977. The molecule has 2 heterocycles. The zero-order valence-corrected chi connectivity index (χ0v) is 10.1. The van der Waals surface area contributed by atoms with E-state index in [1.54, 1.807) is 0 Å². The van der Waals surface area contributed by atoms with E-state index in [1.807, 2.05) is 6.20 Å². The van der Waals surface area contributed by atoms with Crippen LogP contribution in [0.25, 0.3) is 0 Å². The second-order valence-electron chi connectivity index (χ2n) is 4.42. The third-order valence-electron chi connectivity index (χ3n) is 3.04. The number of nitrogens with one attached hydrogen (secondary N) is 1. The van der Waals surface area contributed by atoms with E-state index < -0.39 is 0 Å². The molecule has 0 bridgehead atoms. The van der Waals surface area contributed by atoms with E-state index in [9.17, 15) is 0 Å². The molecule has 0 atom stereocenters. The first-order valence-electron chi connectivity index (χ1n) is 6.29. The van der Waals surface area contributed by atoms with Gasteiger partial charge in [0.2, 0.25) is 0 Å². The number of hydrogen-bond donors (Lipinski definition) is 1. The standard InChI is InChI=1S/C13H21N3/c1-2-14-13-7-6-12(10-15-13)11-16-8-4-3-5-9-16/h6-7,10H,2-5,8-9,11H2,1H3,(H,14,15). The van der Waals surface area contributed by atoms with Crippen molar-refractivity contribution in [2.45, 2.75) is 32.7 Å². The summed E-state index contributed by atoms with van der Waals surface area (Å²) in [5, 5.41) is 3.21. The minimum absolute atomic E-state index is 0.929. The van der Waals surface area contributed by atoms with E-state index in [-0.39, 0.29) is 0 Å². The average molecular weight is 219 g/mol. The lowest BCUT2D eigenvalue weighted by Crippen LogP contribution is -2.29. The molecule has 0 unspecified atom stereocenters. The number of pyridine rings is 1. The van der Waals surface area contributed by atoms with Crippen molar-refractivity contribution in [3.05, 3.63) is 23.9 Å². The zero-order valence-electron chi connectivity index (χ0n) is 10.1. The molecule has 0 aliphatic carbocycles. The Kier molecular flexibility index (Phi) is 4.17. The van der Waals surface area contributed by atoms with Crippen molar-refractivity contribution in [2.24, 2.45) is 0 Å². The lowest BCUT2D eigenvalue weighted by molar-refractivity contribution is 0.220. The average Bonchev–Trinajstić information content (AvgIpc) is 2.33. The Morgan fingerprint density at radius 3 is 2.69 bits per heavy atom. The molecule has 88 valence electrons. The summed E-state index contributed by atoms with van der Waals surface area (Å²) in [6, 6.07) is 4.25. The molecule has 0 spiro atoms. The molecule has 1 aliphatic rings. The van der Waals surface area contributed by atoms with Crippen LogP contribution in [-0.2, 0) is 6.54 Å². The fourth-order valence-electron chi connectivity index (χ4n) is 2.18. The van der Waals surface area contributed by atoms with Gasteiger partial charge in [0.05, 0.1) is 0 Å². The monoisotopic (exact) mass is 219 g/mol.